The van der Waals surface area contributed by atoms with Crippen LogP contribution in [-0.2, 0) is 0 Å². The number of hydrogen-bond acceptors (Lipinski definition) is 4. The number of aromatic nitrogens is 3. The zero-order chi connectivity index (χ0) is 15.6. The molecule has 2 fully saturated rings. The predicted octanol–water partition coefficient (Wildman–Crippen LogP) is 2.18. The molecule has 6 nitrogen and oxygen atoms in total. The van der Waals surface area contributed by atoms with Crippen molar-refractivity contribution in [2.45, 2.75) is 12.8 Å². The van der Waals surface area contributed by atoms with Crippen LogP contribution >= 0.6 is 24.8 Å². The average Bonchev–Trinajstić information content (AvgIpc) is 3.23. The topological polar surface area (TPSA) is 63.1 Å². The van der Waals surface area contributed by atoms with Crippen LogP contribution in [0.25, 0.3) is 5.82 Å². The molecule has 136 valence electrons. The molecule has 2 aliphatic heterocycles. The number of carbonyl (C=O) groups excluding carboxylic acids is 1. The van der Waals surface area contributed by atoms with E-state index in [1.165, 1.54) is 0 Å². The summed E-state index contributed by atoms with van der Waals surface area (Å²) in [6.45, 7) is 3.85. The summed E-state index contributed by atoms with van der Waals surface area (Å²) in [6, 6.07) is 7.37. The van der Waals surface area contributed by atoms with Crippen LogP contribution in [0.3, 0.4) is 0 Å². The third kappa shape index (κ3) is 4.14. The molecule has 2 saturated heterocycles. The Morgan fingerprint density at radius 2 is 1.80 bits per heavy atom. The van der Waals surface area contributed by atoms with Crippen molar-refractivity contribution >= 4 is 30.7 Å². The highest BCUT2D eigenvalue weighted by Crippen LogP contribution is 2.27. The van der Waals surface area contributed by atoms with Gasteiger partial charge in [-0.1, -0.05) is 6.07 Å². The summed E-state index contributed by atoms with van der Waals surface area (Å²) in [6.07, 6.45) is 5.71. The van der Waals surface area contributed by atoms with Crippen molar-refractivity contribution < 1.29 is 4.79 Å². The molecule has 8 heteroatoms. The van der Waals surface area contributed by atoms with Gasteiger partial charge < -0.3 is 10.2 Å². The number of likely N-dealkylation sites (tertiary alicyclic amines) is 1. The van der Waals surface area contributed by atoms with Crippen LogP contribution in [0, 0.1) is 11.8 Å². The van der Waals surface area contributed by atoms with Crippen LogP contribution in [0.15, 0.2) is 36.7 Å². The van der Waals surface area contributed by atoms with Gasteiger partial charge in [-0.15, -0.1) is 24.8 Å². The lowest BCUT2D eigenvalue weighted by atomic mass is 9.92. The molecule has 25 heavy (non-hydrogen) atoms. The fraction of sp³-hybridized carbons (Fsp3) is 0.471. The number of nitrogens with zero attached hydrogens (tertiary/aromatic N) is 4. The number of rotatable bonds is 2. The minimum absolute atomic E-state index is 0. The number of fused-ring (bicyclic) bond motifs is 1. The summed E-state index contributed by atoms with van der Waals surface area (Å²) >= 11 is 0. The Morgan fingerprint density at radius 1 is 1.08 bits per heavy atom. The zero-order valence-corrected chi connectivity index (χ0v) is 15.5. The van der Waals surface area contributed by atoms with E-state index in [1.54, 1.807) is 16.9 Å². The number of carbonyl (C=O) groups is 1. The van der Waals surface area contributed by atoms with Crippen molar-refractivity contribution in [1.29, 1.82) is 0 Å². The highest BCUT2D eigenvalue weighted by Gasteiger charge is 2.31. The number of nitrogens with one attached hydrogen (secondary N) is 1. The number of hydrogen-bond donors (Lipinski definition) is 1. The van der Waals surface area contributed by atoms with Gasteiger partial charge in [-0.05, 0) is 56.0 Å². The summed E-state index contributed by atoms with van der Waals surface area (Å²) in [5, 5.41) is 7.64. The second-order valence-corrected chi connectivity index (χ2v) is 6.38. The summed E-state index contributed by atoms with van der Waals surface area (Å²) < 4.78 is 1.68. The molecule has 1 N–H and O–H groups in total. The monoisotopic (exact) mass is 383 g/mol. The Labute approximate surface area is 159 Å². The molecule has 0 aliphatic carbocycles. The van der Waals surface area contributed by atoms with Crippen LogP contribution < -0.4 is 5.32 Å². The minimum atomic E-state index is 0. The molecule has 0 aromatic carbocycles. The van der Waals surface area contributed by atoms with Gasteiger partial charge in [0.1, 0.15) is 5.69 Å². The van der Waals surface area contributed by atoms with Crippen molar-refractivity contribution in [3.05, 3.63) is 42.4 Å². The van der Waals surface area contributed by atoms with Gasteiger partial charge in [0.25, 0.3) is 5.91 Å². The molecular formula is C17H23Cl2N5O. The van der Waals surface area contributed by atoms with Gasteiger partial charge in [-0.2, -0.15) is 5.10 Å². The first-order valence-electron chi connectivity index (χ1n) is 8.28. The van der Waals surface area contributed by atoms with E-state index in [0.29, 0.717) is 11.5 Å². The normalized spacial score (nSPS) is 22.3. The third-order valence-corrected chi connectivity index (χ3v) is 5.00. The fourth-order valence-corrected chi connectivity index (χ4v) is 3.66. The average molecular weight is 384 g/mol. The summed E-state index contributed by atoms with van der Waals surface area (Å²) in [7, 11) is 0. The van der Waals surface area contributed by atoms with E-state index < -0.39 is 0 Å². The smallest absolute Gasteiger partial charge is 0.272 e. The molecule has 1 amide bonds. The minimum Gasteiger partial charge on any atom is -0.337 e. The van der Waals surface area contributed by atoms with Gasteiger partial charge in [-0.3, -0.25) is 4.79 Å². The molecule has 0 saturated carbocycles. The molecule has 4 rings (SSSR count). The molecule has 0 spiro atoms. The number of pyridine rings is 1. The molecule has 2 aromatic heterocycles. The quantitative estimate of drug-likeness (QED) is 0.862. The lowest BCUT2D eigenvalue weighted by Crippen LogP contribution is -2.33. The van der Waals surface area contributed by atoms with Gasteiger partial charge in [-0.25, -0.2) is 9.67 Å². The Balaban J connectivity index is 0.00000113. The van der Waals surface area contributed by atoms with Crippen LogP contribution in [-0.4, -0.2) is 51.8 Å². The van der Waals surface area contributed by atoms with Crippen molar-refractivity contribution in [2.24, 2.45) is 11.8 Å². The molecule has 2 aromatic rings. The second kappa shape index (κ2) is 8.65. The Morgan fingerprint density at radius 3 is 2.44 bits per heavy atom. The van der Waals surface area contributed by atoms with E-state index in [1.807, 2.05) is 29.3 Å². The summed E-state index contributed by atoms with van der Waals surface area (Å²) in [5.41, 5.74) is 0.503. The second-order valence-electron chi connectivity index (χ2n) is 6.38. The molecular weight excluding hydrogens is 361 g/mol. The molecule has 4 heterocycles. The lowest BCUT2D eigenvalue weighted by molar-refractivity contribution is 0.0752. The molecule has 0 radical (unpaired) electrons. The van der Waals surface area contributed by atoms with E-state index in [2.05, 4.69) is 15.4 Å². The SMILES string of the molecule is Cl.Cl.O=C(c1cccc(-n2cccn2)n1)N1CC[C@@H]2CNC[C@@H]2CC1. The van der Waals surface area contributed by atoms with Gasteiger partial charge in [0.2, 0.25) is 0 Å². The molecule has 0 bridgehead atoms. The van der Waals surface area contributed by atoms with Gasteiger partial charge >= 0.3 is 0 Å². The lowest BCUT2D eigenvalue weighted by Gasteiger charge is -2.20. The third-order valence-electron chi connectivity index (χ3n) is 5.00. The molecule has 2 aliphatic rings. The zero-order valence-electron chi connectivity index (χ0n) is 13.9. The maximum absolute atomic E-state index is 12.8. The summed E-state index contributed by atoms with van der Waals surface area (Å²) in [5.74, 6) is 2.15. The molecule has 0 unspecified atom stereocenters. The van der Waals surface area contributed by atoms with E-state index in [0.717, 1.165) is 50.9 Å². The highest BCUT2D eigenvalue weighted by molar-refractivity contribution is 5.92. The van der Waals surface area contributed by atoms with E-state index in [-0.39, 0.29) is 30.7 Å². The van der Waals surface area contributed by atoms with Gasteiger partial charge in [0.05, 0.1) is 0 Å². The highest BCUT2D eigenvalue weighted by atomic mass is 35.5. The van der Waals surface area contributed by atoms with E-state index >= 15 is 0 Å². The van der Waals surface area contributed by atoms with Crippen molar-refractivity contribution in [3.8, 4) is 5.82 Å². The van der Waals surface area contributed by atoms with E-state index in [9.17, 15) is 4.79 Å². The largest absolute Gasteiger partial charge is 0.337 e. The number of halogens is 2. The number of amides is 1. The van der Waals surface area contributed by atoms with Crippen LogP contribution in [0.2, 0.25) is 0 Å². The first-order valence-corrected chi connectivity index (χ1v) is 8.28. The van der Waals surface area contributed by atoms with Gasteiger partial charge in [0.15, 0.2) is 5.82 Å². The summed E-state index contributed by atoms with van der Waals surface area (Å²) in [4.78, 5) is 19.3. The van der Waals surface area contributed by atoms with Gasteiger partial charge in [0, 0.05) is 25.5 Å². The van der Waals surface area contributed by atoms with Crippen molar-refractivity contribution in [3.63, 3.8) is 0 Å². The van der Waals surface area contributed by atoms with Crippen molar-refractivity contribution in [1.82, 2.24) is 25.0 Å². The van der Waals surface area contributed by atoms with Crippen LogP contribution in [0.1, 0.15) is 23.3 Å². The van der Waals surface area contributed by atoms with E-state index in [4.69, 9.17) is 0 Å². The Kier molecular flexibility index (Phi) is 6.81. The maximum Gasteiger partial charge on any atom is 0.272 e. The van der Waals surface area contributed by atoms with Crippen molar-refractivity contribution in [2.75, 3.05) is 26.2 Å². The maximum atomic E-state index is 12.8. The van der Waals surface area contributed by atoms with Crippen LogP contribution in [0.5, 0.6) is 0 Å². The predicted molar refractivity (Wildman–Crippen MR) is 101 cm³/mol. The standard InChI is InChI=1S/C17H21N5O.2ClH/c23-17(21-9-5-13-11-18-12-14(13)6-10-21)15-3-1-4-16(20-15)22-8-2-7-19-22;;/h1-4,7-8,13-14,18H,5-6,9-12H2;2*1H/t13-,14+;;. The Hall–Kier alpha value is -1.63. The first kappa shape index (κ1) is 19.7. The first-order chi connectivity index (χ1) is 11.3. The Bertz CT molecular complexity index is 680. The molecule has 2 atom stereocenters. The fourth-order valence-electron chi connectivity index (χ4n) is 3.66. The van der Waals surface area contributed by atoms with Crippen LogP contribution in [0.4, 0.5) is 0 Å².